The number of rotatable bonds is 3. The highest BCUT2D eigenvalue weighted by atomic mass is 16.6. The third kappa shape index (κ3) is 2.13. The average Bonchev–Trinajstić information content (AvgIpc) is 3.00. The van der Waals surface area contributed by atoms with Crippen LogP contribution < -0.4 is 5.73 Å². The van der Waals surface area contributed by atoms with Crippen LogP contribution >= 0.6 is 0 Å². The van der Waals surface area contributed by atoms with Crippen LogP contribution in [-0.4, -0.2) is 65.7 Å². The van der Waals surface area contributed by atoms with Gasteiger partial charge in [0.1, 0.15) is 29.7 Å². The van der Waals surface area contributed by atoms with E-state index in [1.165, 1.54) is 10.9 Å². The van der Waals surface area contributed by atoms with E-state index in [4.69, 9.17) is 15.6 Å². The second-order valence-corrected chi connectivity index (χ2v) is 5.04. The lowest BCUT2D eigenvalue weighted by molar-refractivity contribution is -0.0511. The lowest BCUT2D eigenvalue weighted by Crippen LogP contribution is -2.33. The Bertz CT molecular complexity index is 732. The standard InChI is InChI=1S/C12H15N5O5/c1-4-15-6(10(13)21)7-11(16-4)17(3-14-7)12-9(20)8(19)5(2-18)22-12/h3,5,8-9,12,18-20H,2H2,1H3,(H2,13,21)/t5-,8-,9-,12-/m1/s1. The Labute approximate surface area is 124 Å². The number of imidazole rings is 1. The van der Waals surface area contributed by atoms with Gasteiger partial charge in [0, 0.05) is 0 Å². The summed E-state index contributed by atoms with van der Waals surface area (Å²) < 4.78 is 6.80. The second kappa shape index (κ2) is 5.25. The zero-order valence-electron chi connectivity index (χ0n) is 11.6. The topological polar surface area (TPSA) is 157 Å². The maximum Gasteiger partial charge on any atom is 0.269 e. The molecule has 0 aliphatic carbocycles. The summed E-state index contributed by atoms with van der Waals surface area (Å²) in [5, 5.41) is 29.0. The highest BCUT2D eigenvalue weighted by molar-refractivity contribution is 6.01. The van der Waals surface area contributed by atoms with Crippen molar-refractivity contribution in [3.05, 3.63) is 17.8 Å². The first kappa shape index (κ1) is 14.8. The summed E-state index contributed by atoms with van der Waals surface area (Å²) in [6, 6.07) is 0. The van der Waals surface area contributed by atoms with Gasteiger partial charge in [-0.1, -0.05) is 0 Å². The molecule has 2 aromatic heterocycles. The van der Waals surface area contributed by atoms with E-state index in [1.54, 1.807) is 6.92 Å². The normalized spacial score (nSPS) is 28.4. The predicted octanol–water partition coefficient (Wildman–Crippen LogP) is -2.15. The van der Waals surface area contributed by atoms with Gasteiger partial charge in [-0.05, 0) is 6.92 Å². The molecule has 1 aliphatic heterocycles. The molecular weight excluding hydrogens is 294 g/mol. The predicted molar refractivity (Wildman–Crippen MR) is 71.6 cm³/mol. The zero-order chi connectivity index (χ0) is 16.0. The third-order valence-electron chi connectivity index (χ3n) is 3.56. The number of aryl methyl sites for hydroxylation is 1. The van der Waals surface area contributed by atoms with E-state index in [0.29, 0.717) is 5.82 Å². The molecule has 5 N–H and O–H groups in total. The Morgan fingerprint density at radius 1 is 1.41 bits per heavy atom. The number of carbonyl (C=O) groups is 1. The highest BCUT2D eigenvalue weighted by Crippen LogP contribution is 2.31. The van der Waals surface area contributed by atoms with Crippen LogP contribution in [0.1, 0.15) is 22.5 Å². The van der Waals surface area contributed by atoms with Gasteiger partial charge in [-0.3, -0.25) is 9.36 Å². The van der Waals surface area contributed by atoms with Gasteiger partial charge < -0.3 is 25.8 Å². The van der Waals surface area contributed by atoms with E-state index < -0.39 is 37.1 Å². The number of aromatic nitrogens is 4. The van der Waals surface area contributed by atoms with Gasteiger partial charge in [0.05, 0.1) is 12.9 Å². The van der Waals surface area contributed by atoms with E-state index in [9.17, 15) is 15.0 Å². The largest absolute Gasteiger partial charge is 0.394 e. The zero-order valence-corrected chi connectivity index (χ0v) is 11.6. The smallest absolute Gasteiger partial charge is 0.269 e. The quantitative estimate of drug-likeness (QED) is 0.499. The number of amides is 1. The number of carbonyl (C=O) groups excluding carboxylic acids is 1. The molecule has 0 spiro atoms. The fourth-order valence-electron chi connectivity index (χ4n) is 2.49. The first-order valence-electron chi connectivity index (χ1n) is 6.57. The summed E-state index contributed by atoms with van der Waals surface area (Å²) in [5.41, 5.74) is 5.66. The number of aliphatic hydroxyl groups is 3. The molecule has 10 nitrogen and oxygen atoms in total. The maximum absolute atomic E-state index is 11.4. The van der Waals surface area contributed by atoms with E-state index in [1.807, 2.05) is 0 Å². The number of hydrogen-bond acceptors (Lipinski definition) is 8. The molecule has 22 heavy (non-hydrogen) atoms. The summed E-state index contributed by atoms with van der Waals surface area (Å²) in [4.78, 5) is 23.6. The van der Waals surface area contributed by atoms with Crippen LogP contribution in [0.25, 0.3) is 11.2 Å². The van der Waals surface area contributed by atoms with Crippen molar-refractivity contribution >= 4 is 17.1 Å². The van der Waals surface area contributed by atoms with Crippen molar-refractivity contribution in [1.82, 2.24) is 19.5 Å². The number of fused-ring (bicyclic) bond motifs is 1. The van der Waals surface area contributed by atoms with Gasteiger partial charge in [-0.2, -0.15) is 0 Å². The molecule has 1 saturated heterocycles. The summed E-state index contributed by atoms with van der Waals surface area (Å²) in [5.74, 6) is -0.447. The van der Waals surface area contributed by atoms with Gasteiger partial charge >= 0.3 is 0 Å². The van der Waals surface area contributed by atoms with Gasteiger partial charge in [0.25, 0.3) is 5.91 Å². The van der Waals surface area contributed by atoms with Gasteiger partial charge in [0.15, 0.2) is 17.6 Å². The average molecular weight is 309 g/mol. The molecule has 0 unspecified atom stereocenters. The maximum atomic E-state index is 11.4. The molecule has 0 radical (unpaired) electrons. The number of primary amides is 1. The Morgan fingerprint density at radius 2 is 2.14 bits per heavy atom. The number of hydrogen-bond donors (Lipinski definition) is 4. The molecule has 0 saturated carbocycles. The molecule has 0 bridgehead atoms. The Morgan fingerprint density at radius 3 is 2.73 bits per heavy atom. The minimum atomic E-state index is -1.28. The number of nitrogens with zero attached hydrogens (tertiary/aromatic N) is 4. The van der Waals surface area contributed by atoms with Crippen molar-refractivity contribution < 1.29 is 24.9 Å². The van der Waals surface area contributed by atoms with Crippen LogP contribution in [0, 0.1) is 6.92 Å². The van der Waals surface area contributed by atoms with Gasteiger partial charge in [-0.25, -0.2) is 15.0 Å². The molecule has 0 aromatic carbocycles. The molecule has 2 aromatic rings. The van der Waals surface area contributed by atoms with E-state index in [-0.39, 0.29) is 16.9 Å². The molecule has 3 heterocycles. The lowest BCUT2D eigenvalue weighted by Gasteiger charge is -2.16. The van der Waals surface area contributed by atoms with E-state index in [2.05, 4.69) is 15.0 Å². The van der Waals surface area contributed by atoms with E-state index in [0.717, 1.165) is 0 Å². The van der Waals surface area contributed by atoms with Crippen LogP contribution in [0.2, 0.25) is 0 Å². The fourth-order valence-corrected chi connectivity index (χ4v) is 2.49. The molecule has 1 amide bonds. The van der Waals surface area contributed by atoms with Crippen LogP contribution in [0.5, 0.6) is 0 Å². The summed E-state index contributed by atoms with van der Waals surface area (Å²) in [7, 11) is 0. The molecule has 118 valence electrons. The molecule has 1 fully saturated rings. The molecule has 3 rings (SSSR count). The molecule has 1 aliphatic rings. The van der Waals surface area contributed by atoms with Crippen molar-refractivity contribution in [2.24, 2.45) is 5.73 Å². The minimum Gasteiger partial charge on any atom is -0.394 e. The van der Waals surface area contributed by atoms with Crippen molar-refractivity contribution in [3.8, 4) is 0 Å². The summed E-state index contributed by atoms with van der Waals surface area (Å²) in [6.45, 7) is 1.14. The Hall–Kier alpha value is -2.14. The minimum absolute atomic E-state index is 0.0343. The third-order valence-corrected chi connectivity index (χ3v) is 3.56. The van der Waals surface area contributed by atoms with Crippen LogP contribution in [0.3, 0.4) is 0 Å². The number of aliphatic hydroxyl groups excluding tert-OH is 3. The molecule has 10 heteroatoms. The molecule has 4 atom stereocenters. The van der Waals surface area contributed by atoms with Crippen molar-refractivity contribution in [2.75, 3.05) is 6.61 Å². The Kier molecular flexibility index (Phi) is 3.53. The van der Waals surface area contributed by atoms with Gasteiger partial charge in [-0.15, -0.1) is 0 Å². The van der Waals surface area contributed by atoms with Gasteiger partial charge in [0.2, 0.25) is 0 Å². The second-order valence-electron chi connectivity index (χ2n) is 5.04. The van der Waals surface area contributed by atoms with Crippen molar-refractivity contribution in [3.63, 3.8) is 0 Å². The molecular formula is C12H15N5O5. The number of ether oxygens (including phenoxy) is 1. The summed E-state index contributed by atoms with van der Waals surface area (Å²) in [6.07, 6.45) is -3.12. The fraction of sp³-hybridized carbons (Fsp3) is 0.500. The highest BCUT2D eigenvalue weighted by Gasteiger charge is 2.44. The van der Waals surface area contributed by atoms with Crippen LogP contribution in [0.15, 0.2) is 6.33 Å². The monoisotopic (exact) mass is 309 g/mol. The first-order chi connectivity index (χ1) is 10.4. The SMILES string of the molecule is Cc1nc(C(N)=O)c2ncn([C@@H]3O[C@H](CO)[C@@H](O)[C@H]3O)c2n1. The Balaban J connectivity index is 2.11. The van der Waals surface area contributed by atoms with Crippen LogP contribution in [-0.2, 0) is 4.74 Å². The van der Waals surface area contributed by atoms with Crippen molar-refractivity contribution in [1.29, 1.82) is 0 Å². The number of nitrogens with two attached hydrogens (primary N) is 1. The lowest BCUT2D eigenvalue weighted by atomic mass is 10.1. The first-order valence-corrected chi connectivity index (χ1v) is 6.57. The van der Waals surface area contributed by atoms with Crippen molar-refractivity contribution in [2.45, 2.75) is 31.5 Å². The van der Waals surface area contributed by atoms with Crippen LogP contribution in [0.4, 0.5) is 0 Å². The summed E-state index contributed by atoms with van der Waals surface area (Å²) >= 11 is 0. The van der Waals surface area contributed by atoms with E-state index >= 15 is 0 Å².